The number of halogens is 4. The topological polar surface area (TPSA) is 0 Å². The first-order valence-electron chi connectivity index (χ1n) is 5.40. The molecule has 0 heterocycles. The van der Waals surface area contributed by atoms with Gasteiger partial charge in [0, 0.05) is 9.85 Å². The molecule has 1 unspecified atom stereocenters. The summed E-state index contributed by atoms with van der Waals surface area (Å²) in [5.74, 6) is -0.405. The lowest BCUT2D eigenvalue weighted by atomic mass is 10.0. The van der Waals surface area contributed by atoms with Crippen molar-refractivity contribution in [3.05, 3.63) is 69.5 Å². The summed E-state index contributed by atoms with van der Waals surface area (Å²) in [5, 5.41) is 0.867. The summed E-state index contributed by atoms with van der Waals surface area (Å²) >= 11 is 15.5. The van der Waals surface area contributed by atoms with Crippen LogP contribution in [0.2, 0.25) is 10.0 Å². The normalized spacial score (nSPS) is 12.4. The maximum Gasteiger partial charge on any atom is 0.141 e. The SMILES string of the molecule is Fc1ccc(C(Br)Cc2ccccc2Cl)cc1Cl. The molecule has 2 rings (SSSR count). The molecule has 1 atom stereocenters. The molecule has 0 saturated carbocycles. The van der Waals surface area contributed by atoms with Gasteiger partial charge in [-0.3, -0.25) is 0 Å². The molecule has 2 aromatic carbocycles. The van der Waals surface area contributed by atoms with Gasteiger partial charge in [-0.2, -0.15) is 0 Å². The van der Waals surface area contributed by atoms with Crippen molar-refractivity contribution in [2.24, 2.45) is 0 Å². The van der Waals surface area contributed by atoms with Crippen LogP contribution < -0.4 is 0 Å². The van der Waals surface area contributed by atoms with Crippen LogP contribution in [0.3, 0.4) is 0 Å². The molecule has 0 aromatic heterocycles. The third-order valence-electron chi connectivity index (χ3n) is 2.66. The van der Waals surface area contributed by atoms with E-state index in [0.717, 1.165) is 22.6 Å². The van der Waals surface area contributed by atoms with Gasteiger partial charge in [-0.1, -0.05) is 63.4 Å². The van der Waals surface area contributed by atoms with E-state index in [9.17, 15) is 4.39 Å². The summed E-state index contributed by atoms with van der Waals surface area (Å²) in [5.41, 5.74) is 1.97. The number of benzene rings is 2. The van der Waals surface area contributed by atoms with Crippen LogP contribution in [0.5, 0.6) is 0 Å². The van der Waals surface area contributed by atoms with E-state index in [1.165, 1.54) is 6.07 Å². The maximum atomic E-state index is 13.1. The van der Waals surface area contributed by atoms with E-state index in [2.05, 4.69) is 15.9 Å². The van der Waals surface area contributed by atoms with Gasteiger partial charge in [-0.15, -0.1) is 0 Å². The summed E-state index contributed by atoms with van der Waals surface area (Å²) in [6.45, 7) is 0. The molecule has 2 aromatic rings. The predicted octanol–water partition coefficient (Wildman–Crippen LogP) is 5.81. The fourth-order valence-electron chi connectivity index (χ4n) is 1.68. The first kappa shape index (κ1) is 13.9. The van der Waals surface area contributed by atoms with Crippen molar-refractivity contribution in [3.8, 4) is 0 Å². The van der Waals surface area contributed by atoms with Crippen molar-refractivity contribution >= 4 is 39.1 Å². The fraction of sp³-hybridized carbons (Fsp3) is 0.143. The Bertz CT molecular complexity index is 557. The van der Waals surface area contributed by atoms with E-state index in [4.69, 9.17) is 23.2 Å². The van der Waals surface area contributed by atoms with Gasteiger partial charge in [0.2, 0.25) is 0 Å². The Morgan fingerprint density at radius 2 is 1.78 bits per heavy atom. The molecular formula is C14H10BrCl2F. The van der Waals surface area contributed by atoms with Crippen molar-refractivity contribution in [1.29, 1.82) is 0 Å². The lowest BCUT2D eigenvalue weighted by Gasteiger charge is -2.12. The second-order valence-corrected chi connectivity index (χ2v) is 5.86. The van der Waals surface area contributed by atoms with E-state index < -0.39 is 5.82 Å². The van der Waals surface area contributed by atoms with Crippen LogP contribution in [0.4, 0.5) is 4.39 Å². The quantitative estimate of drug-likeness (QED) is 0.614. The molecule has 0 spiro atoms. The van der Waals surface area contributed by atoms with Gasteiger partial charge < -0.3 is 0 Å². The predicted molar refractivity (Wildman–Crippen MR) is 78.2 cm³/mol. The zero-order chi connectivity index (χ0) is 13.1. The summed E-state index contributed by atoms with van der Waals surface area (Å²) < 4.78 is 13.1. The van der Waals surface area contributed by atoms with Crippen LogP contribution in [0.15, 0.2) is 42.5 Å². The van der Waals surface area contributed by atoms with Crippen molar-refractivity contribution in [2.75, 3.05) is 0 Å². The molecule has 94 valence electrons. The van der Waals surface area contributed by atoms with Gasteiger partial charge in [0.15, 0.2) is 0 Å². The first-order valence-corrected chi connectivity index (χ1v) is 7.07. The van der Waals surface area contributed by atoms with Gasteiger partial charge in [0.25, 0.3) is 0 Å². The molecule has 0 aliphatic heterocycles. The van der Waals surface area contributed by atoms with Gasteiger partial charge in [0.1, 0.15) is 5.82 Å². The molecule has 0 fully saturated rings. The van der Waals surface area contributed by atoms with Crippen molar-refractivity contribution in [3.63, 3.8) is 0 Å². The lowest BCUT2D eigenvalue weighted by molar-refractivity contribution is 0.627. The number of hydrogen-bond donors (Lipinski definition) is 0. The first-order chi connectivity index (χ1) is 8.58. The van der Waals surface area contributed by atoms with Crippen molar-refractivity contribution in [1.82, 2.24) is 0 Å². The Morgan fingerprint density at radius 3 is 2.44 bits per heavy atom. The van der Waals surface area contributed by atoms with E-state index >= 15 is 0 Å². The lowest BCUT2D eigenvalue weighted by Crippen LogP contribution is -1.96. The maximum absolute atomic E-state index is 13.1. The molecule has 0 nitrogen and oxygen atoms in total. The molecule has 0 radical (unpaired) electrons. The van der Waals surface area contributed by atoms with Crippen molar-refractivity contribution < 1.29 is 4.39 Å². The highest BCUT2D eigenvalue weighted by Gasteiger charge is 2.12. The van der Waals surface area contributed by atoms with Crippen LogP contribution >= 0.6 is 39.1 Å². The van der Waals surface area contributed by atoms with Crippen LogP contribution in [0, 0.1) is 5.82 Å². The van der Waals surface area contributed by atoms with Crippen LogP contribution in [-0.4, -0.2) is 0 Å². The van der Waals surface area contributed by atoms with Gasteiger partial charge in [-0.05, 0) is 35.7 Å². The average Bonchev–Trinajstić information content (AvgIpc) is 2.35. The highest BCUT2D eigenvalue weighted by atomic mass is 79.9. The molecule has 0 bridgehead atoms. The fourth-order valence-corrected chi connectivity index (χ4v) is 2.72. The highest BCUT2D eigenvalue weighted by molar-refractivity contribution is 9.09. The minimum absolute atomic E-state index is 0.0514. The smallest absolute Gasteiger partial charge is 0.141 e. The summed E-state index contributed by atoms with van der Waals surface area (Å²) in [6.07, 6.45) is 0.724. The molecule has 0 N–H and O–H groups in total. The molecular weight excluding hydrogens is 338 g/mol. The zero-order valence-electron chi connectivity index (χ0n) is 9.34. The van der Waals surface area contributed by atoms with E-state index in [1.807, 2.05) is 24.3 Å². The number of hydrogen-bond acceptors (Lipinski definition) is 0. The van der Waals surface area contributed by atoms with Gasteiger partial charge >= 0.3 is 0 Å². The van der Waals surface area contributed by atoms with Crippen LogP contribution in [0.1, 0.15) is 16.0 Å². The Kier molecular flexibility index (Phi) is 4.66. The van der Waals surface area contributed by atoms with E-state index in [1.54, 1.807) is 12.1 Å². The number of alkyl halides is 1. The van der Waals surface area contributed by atoms with E-state index in [0.29, 0.717) is 0 Å². The minimum Gasteiger partial charge on any atom is -0.205 e. The van der Waals surface area contributed by atoms with Gasteiger partial charge in [-0.25, -0.2) is 4.39 Å². The summed E-state index contributed by atoms with van der Waals surface area (Å²) in [4.78, 5) is 0.0514. The zero-order valence-corrected chi connectivity index (χ0v) is 12.4. The molecule has 0 amide bonds. The standard InChI is InChI=1S/C14H10BrCl2F/c15-11(7-10-3-1-2-4-12(10)16)9-5-6-14(18)13(17)8-9/h1-6,8,11H,7H2. The molecule has 4 heteroatoms. The minimum atomic E-state index is -0.405. The largest absolute Gasteiger partial charge is 0.205 e. The van der Waals surface area contributed by atoms with Crippen molar-refractivity contribution in [2.45, 2.75) is 11.2 Å². The second-order valence-electron chi connectivity index (χ2n) is 3.94. The third kappa shape index (κ3) is 3.25. The van der Waals surface area contributed by atoms with Crippen LogP contribution in [-0.2, 0) is 6.42 Å². The second kappa shape index (κ2) is 6.05. The monoisotopic (exact) mass is 346 g/mol. The Labute approximate surface area is 124 Å². The highest BCUT2D eigenvalue weighted by Crippen LogP contribution is 2.31. The van der Waals surface area contributed by atoms with E-state index in [-0.39, 0.29) is 9.85 Å². The summed E-state index contributed by atoms with van der Waals surface area (Å²) in [7, 11) is 0. The molecule has 0 aliphatic carbocycles. The Morgan fingerprint density at radius 1 is 1.06 bits per heavy atom. The average molecular weight is 348 g/mol. The Hall–Kier alpha value is -0.570. The van der Waals surface area contributed by atoms with Gasteiger partial charge in [0.05, 0.1) is 5.02 Å². The van der Waals surface area contributed by atoms with Crippen LogP contribution in [0.25, 0.3) is 0 Å². The third-order valence-corrected chi connectivity index (χ3v) is 4.17. The molecule has 0 saturated heterocycles. The number of rotatable bonds is 3. The summed E-state index contributed by atoms with van der Waals surface area (Å²) in [6, 6.07) is 12.4. The molecule has 0 aliphatic rings. The Balaban J connectivity index is 2.19. The molecule has 18 heavy (non-hydrogen) atoms.